The maximum Gasteiger partial charge on any atom is 0.169 e. The second kappa shape index (κ2) is 6.33. The minimum atomic E-state index is 0.778. The molecule has 1 aliphatic heterocycles. The summed E-state index contributed by atoms with van der Waals surface area (Å²) in [5.41, 5.74) is 1.25. The number of hydrogen-bond donors (Lipinski definition) is 0. The van der Waals surface area contributed by atoms with Gasteiger partial charge in [-0.3, -0.25) is 4.99 Å². The van der Waals surface area contributed by atoms with Crippen LogP contribution in [0.1, 0.15) is 20.3 Å². The third-order valence-corrected chi connectivity index (χ3v) is 1.09. The van der Waals surface area contributed by atoms with Crippen molar-refractivity contribution in [2.75, 3.05) is 13.2 Å². The largest absolute Gasteiger partial charge is 0.482 e. The number of rotatable bonds is 1. The van der Waals surface area contributed by atoms with Crippen molar-refractivity contribution in [2.24, 2.45) is 4.99 Å². The van der Waals surface area contributed by atoms with Gasteiger partial charge in [0, 0.05) is 0 Å². The second-order valence-electron chi connectivity index (χ2n) is 2.19. The van der Waals surface area contributed by atoms with E-state index in [0.717, 1.165) is 19.6 Å². The molecule has 0 aromatic rings. The van der Waals surface area contributed by atoms with Crippen LogP contribution in [0.4, 0.5) is 0 Å². The molecule has 1 aliphatic rings. The van der Waals surface area contributed by atoms with Crippen molar-refractivity contribution in [1.29, 1.82) is 0 Å². The fourth-order valence-corrected chi connectivity index (χ4v) is 0.264. The van der Waals surface area contributed by atoms with Crippen LogP contribution >= 0.6 is 0 Å². The van der Waals surface area contributed by atoms with E-state index in [2.05, 4.69) is 23.2 Å². The molecule has 0 aromatic carbocycles. The minimum Gasteiger partial charge on any atom is -0.482 e. The molecule has 0 aliphatic carbocycles. The topological polar surface area (TPSA) is 21.6 Å². The first-order chi connectivity index (χ1) is 4.77. The predicted molar refractivity (Wildman–Crippen MR) is 44.4 cm³/mol. The Bertz CT molecular complexity index is 112. The minimum absolute atomic E-state index is 0.778. The van der Waals surface area contributed by atoms with Crippen LogP contribution in [0, 0.1) is 0 Å². The lowest BCUT2D eigenvalue weighted by molar-refractivity contribution is 0.361. The van der Waals surface area contributed by atoms with Crippen LogP contribution in [-0.4, -0.2) is 19.6 Å². The molecule has 0 saturated carbocycles. The molecule has 2 nitrogen and oxygen atoms in total. The Balaban J connectivity index is 0.000000162. The molecule has 58 valence electrons. The van der Waals surface area contributed by atoms with Gasteiger partial charge in [-0.05, 0) is 13.3 Å². The summed E-state index contributed by atoms with van der Waals surface area (Å²) >= 11 is 0. The van der Waals surface area contributed by atoms with Crippen LogP contribution in [-0.2, 0) is 4.74 Å². The van der Waals surface area contributed by atoms with Gasteiger partial charge in [0.2, 0.25) is 0 Å². The molecule has 0 N–H and O–H groups in total. The highest BCUT2D eigenvalue weighted by Gasteiger charge is 1.84. The summed E-state index contributed by atoms with van der Waals surface area (Å²) in [6.45, 7) is 9.43. The van der Waals surface area contributed by atoms with Gasteiger partial charge in [0.15, 0.2) is 6.40 Å². The van der Waals surface area contributed by atoms with Crippen LogP contribution in [0.25, 0.3) is 0 Å². The molecule has 0 unspecified atom stereocenters. The van der Waals surface area contributed by atoms with Crippen molar-refractivity contribution in [3.8, 4) is 0 Å². The summed E-state index contributed by atoms with van der Waals surface area (Å²) < 4.78 is 4.65. The molecule has 0 saturated heterocycles. The Hall–Kier alpha value is -0.790. The molecule has 0 bridgehead atoms. The molecule has 0 fully saturated rings. The van der Waals surface area contributed by atoms with Crippen LogP contribution in [0.15, 0.2) is 17.1 Å². The molecular formula is C8H15NO. The Labute approximate surface area is 62.6 Å². The molecular weight excluding hydrogens is 126 g/mol. The highest BCUT2D eigenvalue weighted by molar-refractivity contribution is 5.47. The lowest BCUT2D eigenvalue weighted by Gasteiger charge is -1.79. The third-order valence-electron chi connectivity index (χ3n) is 1.09. The third kappa shape index (κ3) is 7.21. The van der Waals surface area contributed by atoms with E-state index in [9.17, 15) is 0 Å². The zero-order valence-electron chi connectivity index (χ0n) is 6.76. The summed E-state index contributed by atoms with van der Waals surface area (Å²) in [6.07, 6.45) is 2.60. The van der Waals surface area contributed by atoms with Crippen LogP contribution in [0.3, 0.4) is 0 Å². The van der Waals surface area contributed by atoms with Crippen LogP contribution < -0.4 is 0 Å². The van der Waals surface area contributed by atoms with E-state index in [4.69, 9.17) is 0 Å². The normalized spacial score (nSPS) is 13.4. The van der Waals surface area contributed by atoms with Gasteiger partial charge >= 0.3 is 0 Å². The van der Waals surface area contributed by atoms with E-state index < -0.39 is 0 Å². The first kappa shape index (κ1) is 9.21. The van der Waals surface area contributed by atoms with Gasteiger partial charge in [-0.25, -0.2) is 0 Å². The number of hydrogen-bond acceptors (Lipinski definition) is 2. The Kier molecular flexibility index (Phi) is 5.83. The molecule has 0 spiro atoms. The van der Waals surface area contributed by atoms with E-state index >= 15 is 0 Å². The zero-order chi connectivity index (χ0) is 7.82. The van der Waals surface area contributed by atoms with Crippen LogP contribution in [0.2, 0.25) is 0 Å². The van der Waals surface area contributed by atoms with E-state index in [0.29, 0.717) is 0 Å². The monoisotopic (exact) mass is 141 g/mol. The van der Waals surface area contributed by atoms with Crippen molar-refractivity contribution in [2.45, 2.75) is 20.3 Å². The Morgan fingerprint density at radius 2 is 2.40 bits per heavy atom. The first-order valence-electron chi connectivity index (χ1n) is 3.51. The van der Waals surface area contributed by atoms with Crippen molar-refractivity contribution < 1.29 is 4.74 Å². The molecule has 1 rings (SSSR count). The van der Waals surface area contributed by atoms with Crippen molar-refractivity contribution in [3.05, 3.63) is 12.2 Å². The molecule has 10 heavy (non-hydrogen) atoms. The predicted octanol–water partition coefficient (Wildman–Crippen LogP) is 2.02. The maximum atomic E-state index is 4.65. The summed E-state index contributed by atoms with van der Waals surface area (Å²) in [4.78, 5) is 3.74. The number of allylic oxidation sites excluding steroid dienone is 1. The van der Waals surface area contributed by atoms with Crippen molar-refractivity contribution >= 4 is 6.40 Å². The highest BCUT2D eigenvalue weighted by Crippen LogP contribution is 1.88. The number of ether oxygens (including phenoxy) is 1. The smallest absolute Gasteiger partial charge is 0.169 e. The molecule has 0 aromatic heterocycles. The van der Waals surface area contributed by atoms with Gasteiger partial charge in [-0.1, -0.05) is 12.5 Å². The van der Waals surface area contributed by atoms with E-state index in [1.54, 1.807) is 0 Å². The summed E-state index contributed by atoms with van der Waals surface area (Å²) in [5.74, 6) is 0. The van der Waals surface area contributed by atoms with Gasteiger partial charge in [0.1, 0.15) is 6.61 Å². The SMILES string of the molecule is C1=NCCO1.C=C(C)CC. The van der Waals surface area contributed by atoms with Crippen LogP contribution in [0.5, 0.6) is 0 Å². The van der Waals surface area contributed by atoms with E-state index in [1.165, 1.54) is 12.0 Å². The average molecular weight is 141 g/mol. The molecule has 1 heterocycles. The van der Waals surface area contributed by atoms with Crippen molar-refractivity contribution in [3.63, 3.8) is 0 Å². The number of nitrogens with zero attached hydrogens (tertiary/aromatic N) is 1. The van der Waals surface area contributed by atoms with Gasteiger partial charge in [-0.15, -0.1) is 6.58 Å². The maximum absolute atomic E-state index is 4.65. The fraction of sp³-hybridized carbons (Fsp3) is 0.625. The number of aliphatic imine (C=N–C) groups is 1. The average Bonchev–Trinajstić information content (AvgIpc) is 2.43. The van der Waals surface area contributed by atoms with E-state index in [1.807, 2.05) is 6.92 Å². The first-order valence-corrected chi connectivity index (χ1v) is 3.51. The summed E-state index contributed by atoms with van der Waals surface area (Å²) in [6, 6.07) is 0. The molecule has 0 radical (unpaired) electrons. The zero-order valence-corrected chi connectivity index (χ0v) is 6.76. The molecule has 0 amide bonds. The summed E-state index contributed by atoms with van der Waals surface area (Å²) in [7, 11) is 0. The lowest BCUT2D eigenvalue weighted by Crippen LogP contribution is -1.80. The van der Waals surface area contributed by atoms with Gasteiger partial charge in [0.25, 0.3) is 0 Å². The van der Waals surface area contributed by atoms with Gasteiger partial charge < -0.3 is 4.74 Å². The Morgan fingerprint density at radius 3 is 2.50 bits per heavy atom. The van der Waals surface area contributed by atoms with Gasteiger partial charge in [-0.2, -0.15) is 0 Å². The highest BCUT2D eigenvalue weighted by atomic mass is 16.5. The summed E-state index contributed by atoms with van der Waals surface area (Å²) in [5, 5.41) is 0. The van der Waals surface area contributed by atoms with Crippen molar-refractivity contribution in [1.82, 2.24) is 0 Å². The lowest BCUT2D eigenvalue weighted by atomic mass is 10.3. The molecule has 0 atom stereocenters. The molecule has 2 heteroatoms. The standard InChI is InChI=1S/C5H10.C3H5NO/c1-4-5(2)3;1-2-5-3-4-1/h2,4H2,1,3H3;3H,1-2H2. The second-order valence-corrected chi connectivity index (χ2v) is 2.19. The van der Waals surface area contributed by atoms with E-state index in [-0.39, 0.29) is 0 Å². The van der Waals surface area contributed by atoms with Gasteiger partial charge in [0.05, 0.1) is 6.54 Å². The Morgan fingerprint density at radius 1 is 1.80 bits per heavy atom. The fourth-order valence-electron chi connectivity index (χ4n) is 0.264. The quantitative estimate of drug-likeness (QED) is 0.512.